The summed E-state index contributed by atoms with van der Waals surface area (Å²) in [4.78, 5) is 31.9. The summed E-state index contributed by atoms with van der Waals surface area (Å²) in [6.07, 6.45) is 3.33. The molecule has 1 aliphatic rings. The number of sulfonamides is 1. The van der Waals surface area contributed by atoms with E-state index < -0.39 is 16.1 Å². The minimum Gasteiger partial charge on any atom is -0.484 e. The Bertz CT molecular complexity index is 1330. The second kappa shape index (κ2) is 13.3. The van der Waals surface area contributed by atoms with Crippen molar-refractivity contribution < 1.29 is 27.5 Å². The van der Waals surface area contributed by atoms with Crippen molar-refractivity contribution in [2.45, 2.75) is 31.0 Å². The molecule has 1 saturated heterocycles. The first-order valence-electron chi connectivity index (χ1n) is 12.7. The van der Waals surface area contributed by atoms with Gasteiger partial charge in [-0.05, 0) is 48.4 Å². The molecule has 11 heteroatoms. The number of rotatable bonds is 11. The highest BCUT2D eigenvalue weighted by Crippen LogP contribution is 2.21. The lowest BCUT2D eigenvalue weighted by Crippen LogP contribution is -2.48. The van der Waals surface area contributed by atoms with E-state index in [-0.39, 0.29) is 29.9 Å². The van der Waals surface area contributed by atoms with Gasteiger partial charge in [-0.2, -0.15) is 4.31 Å². The van der Waals surface area contributed by atoms with Crippen molar-refractivity contribution in [3.05, 3.63) is 90.3 Å². The van der Waals surface area contributed by atoms with Crippen LogP contribution < -0.4 is 10.1 Å². The highest BCUT2D eigenvalue weighted by Gasteiger charge is 2.28. The molecule has 1 aliphatic heterocycles. The number of amides is 2. The molecule has 0 bridgehead atoms. The van der Waals surface area contributed by atoms with E-state index in [1.165, 1.54) is 33.5 Å². The number of hydrogen-bond donors (Lipinski definition) is 1. The first-order chi connectivity index (χ1) is 18.8. The molecule has 39 heavy (non-hydrogen) atoms. The number of carbonyl (C=O) groups is 2. The van der Waals surface area contributed by atoms with Gasteiger partial charge in [0.05, 0.1) is 18.1 Å². The summed E-state index contributed by atoms with van der Waals surface area (Å²) >= 11 is 0. The number of nitrogens with one attached hydrogen (secondary N) is 1. The second-order valence-electron chi connectivity index (χ2n) is 9.04. The van der Waals surface area contributed by atoms with Crippen molar-refractivity contribution >= 4 is 21.8 Å². The lowest BCUT2D eigenvalue weighted by molar-refractivity contribution is -0.142. The van der Waals surface area contributed by atoms with Crippen molar-refractivity contribution in [3.8, 4) is 5.75 Å². The maximum Gasteiger partial charge on any atom is 0.261 e. The summed E-state index contributed by atoms with van der Waals surface area (Å²) in [6.45, 7) is 3.21. The van der Waals surface area contributed by atoms with Crippen molar-refractivity contribution in [2.75, 3.05) is 32.9 Å². The Morgan fingerprint density at radius 1 is 1.03 bits per heavy atom. The molecule has 2 aromatic carbocycles. The van der Waals surface area contributed by atoms with Crippen LogP contribution in [0.2, 0.25) is 0 Å². The molecule has 206 valence electrons. The van der Waals surface area contributed by atoms with Gasteiger partial charge in [-0.25, -0.2) is 8.42 Å². The van der Waals surface area contributed by atoms with Gasteiger partial charge in [-0.3, -0.25) is 14.6 Å². The fraction of sp³-hybridized carbons (Fsp3) is 0.321. The highest BCUT2D eigenvalue weighted by atomic mass is 32.2. The number of benzene rings is 2. The van der Waals surface area contributed by atoms with Gasteiger partial charge in [-0.1, -0.05) is 36.4 Å². The van der Waals surface area contributed by atoms with Gasteiger partial charge in [0, 0.05) is 38.6 Å². The monoisotopic (exact) mass is 552 g/mol. The van der Waals surface area contributed by atoms with Crippen LogP contribution >= 0.6 is 0 Å². The molecule has 0 radical (unpaired) electrons. The Balaban J connectivity index is 1.40. The first kappa shape index (κ1) is 28.2. The van der Waals surface area contributed by atoms with Crippen molar-refractivity contribution in [2.24, 2.45) is 0 Å². The minimum atomic E-state index is -3.63. The van der Waals surface area contributed by atoms with Gasteiger partial charge < -0.3 is 19.7 Å². The average molecular weight is 553 g/mol. The van der Waals surface area contributed by atoms with Crippen LogP contribution in [0.25, 0.3) is 0 Å². The zero-order valence-electron chi connectivity index (χ0n) is 21.7. The number of pyridine rings is 1. The maximum absolute atomic E-state index is 13.3. The molecule has 0 saturated carbocycles. The zero-order valence-corrected chi connectivity index (χ0v) is 22.5. The number of nitrogens with zero attached hydrogens (tertiary/aromatic N) is 3. The van der Waals surface area contributed by atoms with E-state index in [1.54, 1.807) is 25.4 Å². The molecule has 1 N–H and O–H groups in total. The summed E-state index contributed by atoms with van der Waals surface area (Å²) in [5.41, 5.74) is 1.72. The molecule has 2 heterocycles. The first-order valence-corrected chi connectivity index (χ1v) is 14.1. The fourth-order valence-electron chi connectivity index (χ4n) is 4.07. The summed E-state index contributed by atoms with van der Waals surface area (Å²) < 4.78 is 38.0. The average Bonchev–Trinajstić information content (AvgIpc) is 2.98. The number of ether oxygens (including phenoxy) is 2. The molecule has 1 atom stereocenters. The van der Waals surface area contributed by atoms with Gasteiger partial charge >= 0.3 is 0 Å². The van der Waals surface area contributed by atoms with Crippen molar-refractivity contribution in [1.82, 2.24) is 19.5 Å². The predicted molar refractivity (Wildman–Crippen MR) is 144 cm³/mol. The van der Waals surface area contributed by atoms with E-state index in [0.29, 0.717) is 38.6 Å². The van der Waals surface area contributed by atoms with E-state index in [2.05, 4.69) is 10.3 Å². The fourth-order valence-corrected chi connectivity index (χ4v) is 5.48. The van der Waals surface area contributed by atoms with Gasteiger partial charge in [0.25, 0.3) is 5.91 Å². The molecular formula is C28H32N4O6S. The normalized spacial score (nSPS) is 14.8. The Hall–Kier alpha value is -3.80. The summed E-state index contributed by atoms with van der Waals surface area (Å²) in [6, 6.07) is 18.2. The zero-order chi connectivity index (χ0) is 27.7. The highest BCUT2D eigenvalue weighted by molar-refractivity contribution is 7.89. The van der Waals surface area contributed by atoms with Crippen LogP contribution in [0, 0.1) is 0 Å². The third-order valence-electron chi connectivity index (χ3n) is 6.35. The van der Waals surface area contributed by atoms with Gasteiger partial charge in [0.1, 0.15) is 11.8 Å². The Kier molecular flexibility index (Phi) is 9.64. The molecular weight excluding hydrogens is 520 g/mol. The molecule has 0 unspecified atom stereocenters. The molecule has 1 fully saturated rings. The molecule has 0 aliphatic carbocycles. The Labute approximate surface area is 228 Å². The number of carbonyl (C=O) groups excluding carboxylic acids is 2. The molecule has 4 rings (SSSR count). The van der Waals surface area contributed by atoms with Crippen LogP contribution in [0.3, 0.4) is 0 Å². The minimum absolute atomic E-state index is 0.146. The molecule has 10 nitrogen and oxygen atoms in total. The Morgan fingerprint density at radius 3 is 2.38 bits per heavy atom. The van der Waals surface area contributed by atoms with E-state index in [9.17, 15) is 18.0 Å². The second-order valence-corrected chi connectivity index (χ2v) is 11.0. The lowest BCUT2D eigenvalue weighted by atomic mass is 10.1. The molecule has 0 spiro atoms. The van der Waals surface area contributed by atoms with Crippen LogP contribution in [0.5, 0.6) is 5.75 Å². The maximum atomic E-state index is 13.3. The number of hydrogen-bond acceptors (Lipinski definition) is 7. The molecule has 2 amide bonds. The summed E-state index contributed by atoms with van der Waals surface area (Å²) in [7, 11) is -3.63. The van der Waals surface area contributed by atoms with Crippen molar-refractivity contribution in [3.63, 3.8) is 0 Å². The van der Waals surface area contributed by atoms with Crippen LogP contribution in [-0.4, -0.2) is 73.4 Å². The lowest BCUT2D eigenvalue weighted by Gasteiger charge is -2.29. The SMILES string of the molecule is C[C@H](C(=O)NCc1cccnc1)N(Cc1ccccc1)C(=O)COc1ccc(S(=O)(=O)N2CCOCC2)cc1. The van der Waals surface area contributed by atoms with Gasteiger partial charge in [0.2, 0.25) is 15.9 Å². The van der Waals surface area contributed by atoms with Crippen LogP contribution in [0.1, 0.15) is 18.1 Å². The third-order valence-corrected chi connectivity index (χ3v) is 8.26. The topological polar surface area (TPSA) is 118 Å². The van der Waals surface area contributed by atoms with Crippen LogP contribution in [0.4, 0.5) is 0 Å². The van der Waals surface area contributed by atoms with Crippen molar-refractivity contribution in [1.29, 1.82) is 0 Å². The quantitative estimate of drug-likeness (QED) is 0.388. The van der Waals surface area contributed by atoms with E-state index in [4.69, 9.17) is 9.47 Å². The predicted octanol–water partition coefficient (Wildman–Crippen LogP) is 2.21. The number of morpholine rings is 1. The number of aromatic nitrogens is 1. The molecule has 1 aromatic heterocycles. The third kappa shape index (κ3) is 7.62. The standard InChI is InChI=1S/C28H32N4O6S/c1-22(28(34)30-19-24-8-5-13-29-18-24)32(20-23-6-3-2-4-7-23)27(33)21-38-25-9-11-26(12-10-25)39(35,36)31-14-16-37-17-15-31/h2-13,18,22H,14-17,19-21H2,1H3,(H,30,34)/t22-/m1/s1. The van der Waals surface area contributed by atoms with E-state index in [0.717, 1.165) is 11.1 Å². The van der Waals surface area contributed by atoms with E-state index in [1.807, 2.05) is 36.4 Å². The summed E-state index contributed by atoms with van der Waals surface area (Å²) in [5.74, 6) is -0.341. The van der Waals surface area contributed by atoms with Gasteiger partial charge in [0.15, 0.2) is 6.61 Å². The van der Waals surface area contributed by atoms with E-state index >= 15 is 0 Å². The smallest absolute Gasteiger partial charge is 0.261 e. The summed E-state index contributed by atoms with van der Waals surface area (Å²) in [5, 5.41) is 2.86. The van der Waals surface area contributed by atoms with Crippen LogP contribution in [-0.2, 0) is 37.4 Å². The Morgan fingerprint density at radius 2 is 1.72 bits per heavy atom. The van der Waals surface area contributed by atoms with Crippen LogP contribution in [0.15, 0.2) is 84.0 Å². The van der Waals surface area contributed by atoms with Gasteiger partial charge in [-0.15, -0.1) is 0 Å². The molecule has 3 aromatic rings. The largest absolute Gasteiger partial charge is 0.484 e.